The van der Waals surface area contributed by atoms with Gasteiger partial charge in [0.25, 0.3) is 0 Å². The Balaban J connectivity index is 2.42. The molecular formula is C15H25Br. The van der Waals surface area contributed by atoms with E-state index in [1.807, 2.05) is 0 Å². The second-order valence-electron chi connectivity index (χ2n) is 6.74. The van der Waals surface area contributed by atoms with E-state index in [2.05, 4.69) is 43.6 Å². The zero-order chi connectivity index (χ0) is 12.0. The molecule has 1 fully saturated rings. The fraction of sp³-hybridized carbons (Fsp3) is 0.867. The van der Waals surface area contributed by atoms with E-state index in [-0.39, 0.29) is 0 Å². The van der Waals surface area contributed by atoms with Crippen molar-refractivity contribution in [3.8, 4) is 0 Å². The van der Waals surface area contributed by atoms with Crippen LogP contribution in [0.1, 0.15) is 59.8 Å². The van der Waals surface area contributed by atoms with Gasteiger partial charge in [-0.1, -0.05) is 54.3 Å². The van der Waals surface area contributed by atoms with Crippen LogP contribution in [0, 0.1) is 16.7 Å². The van der Waals surface area contributed by atoms with Gasteiger partial charge in [-0.25, -0.2) is 0 Å². The minimum absolute atomic E-state index is 0.480. The first-order chi connectivity index (χ1) is 7.42. The average Bonchev–Trinajstić information content (AvgIpc) is 2.15. The van der Waals surface area contributed by atoms with Crippen LogP contribution in [-0.4, -0.2) is 5.33 Å². The Morgan fingerprint density at radius 1 is 1.25 bits per heavy atom. The van der Waals surface area contributed by atoms with Crippen LogP contribution < -0.4 is 0 Å². The molecule has 0 aromatic carbocycles. The van der Waals surface area contributed by atoms with Crippen molar-refractivity contribution in [2.24, 2.45) is 16.7 Å². The quantitative estimate of drug-likeness (QED) is 0.451. The maximum atomic E-state index is 3.73. The standard InChI is InChI=1S/C15H25Br/c1-11-6-7-13-14(2,3)8-5-9-15(13,4)12(11)10-16/h13H,5-10H2,1-4H3/t13?,15-/m1/s1. The Bertz CT molecular complexity index is 313. The van der Waals surface area contributed by atoms with Gasteiger partial charge < -0.3 is 0 Å². The molecule has 0 aromatic rings. The Hall–Kier alpha value is 0.220. The first-order valence-electron chi connectivity index (χ1n) is 6.67. The Morgan fingerprint density at radius 2 is 1.94 bits per heavy atom. The van der Waals surface area contributed by atoms with Crippen LogP contribution in [0.5, 0.6) is 0 Å². The van der Waals surface area contributed by atoms with Crippen LogP contribution in [0.4, 0.5) is 0 Å². The van der Waals surface area contributed by atoms with Crippen molar-refractivity contribution in [2.75, 3.05) is 5.33 Å². The monoisotopic (exact) mass is 284 g/mol. The highest BCUT2D eigenvalue weighted by molar-refractivity contribution is 9.09. The Labute approximate surface area is 109 Å². The van der Waals surface area contributed by atoms with Gasteiger partial charge >= 0.3 is 0 Å². The molecule has 2 rings (SSSR count). The van der Waals surface area contributed by atoms with Crippen molar-refractivity contribution in [3.05, 3.63) is 11.1 Å². The normalized spacial score (nSPS) is 38.4. The predicted molar refractivity (Wildman–Crippen MR) is 75.0 cm³/mol. The van der Waals surface area contributed by atoms with Gasteiger partial charge in [-0.05, 0) is 49.4 Å². The first kappa shape index (κ1) is 12.7. The molecule has 0 amide bonds. The largest absolute Gasteiger partial charge is 0.0880 e. The molecule has 2 aliphatic carbocycles. The minimum Gasteiger partial charge on any atom is -0.0880 e. The number of halogens is 1. The summed E-state index contributed by atoms with van der Waals surface area (Å²) in [5.41, 5.74) is 4.40. The fourth-order valence-corrected chi connectivity index (χ4v) is 5.58. The van der Waals surface area contributed by atoms with E-state index in [1.54, 1.807) is 11.1 Å². The number of hydrogen-bond donors (Lipinski definition) is 0. The second-order valence-corrected chi connectivity index (χ2v) is 7.30. The van der Waals surface area contributed by atoms with E-state index >= 15 is 0 Å². The first-order valence-corrected chi connectivity index (χ1v) is 7.79. The average molecular weight is 285 g/mol. The minimum atomic E-state index is 0.480. The molecule has 1 unspecified atom stereocenters. The Morgan fingerprint density at radius 3 is 2.56 bits per heavy atom. The molecule has 0 nitrogen and oxygen atoms in total. The van der Waals surface area contributed by atoms with Crippen LogP contribution in [-0.2, 0) is 0 Å². The molecule has 2 atom stereocenters. The summed E-state index contributed by atoms with van der Waals surface area (Å²) in [5, 5.41) is 1.09. The van der Waals surface area contributed by atoms with Crippen molar-refractivity contribution in [1.29, 1.82) is 0 Å². The van der Waals surface area contributed by atoms with Crippen LogP contribution in [0.25, 0.3) is 0 Å². The number of alkyl halides is 1. The van der Waals surface area contributed by atoms with Gasteiger partial charge in [0, 0.05) is 5.33 Å². The highest BCUT2D eigenvalue weighted by atomic mass is 79.9. The van der Waals surface area contributed by atoms with Crippen molar-refractivity contribution >= 4 is 15.9 Å². The third-order valence-electron chi connectivity index (χ3n) is 5.38. The van der Waals surface area contributed by atoms with Gasteiger partial charge in [0.15, 0.2) is 0 Å². The molecule has 0 bridgehead atoms. The van der Waals surface area contributed by atoms with Gasteiger partial charge in [0.1, 0.15) is 0 Å². The number of allylic oxidation sites excluding steroid dienone is 2. The summed E-state index contributed by atoms with van der Waals surface area (Å²) in [6.07, 6.45) is 6.96. The van der Waals surface area contributed by atoms with Gasteiger partial charge in [-0.2, -0.15) is 0 Å². The summed E-state index contributed by atoms with van der Waals surface area (Å²) in [6, 6.07) is 0. The number of hydrogen-bond acceptors (Lipinski definition) is 0. The molecule has 1 heteroatoms. The molecule has 0 N–H and O–H groups in total. The smallest absolute Gasteiger partial charge is 0.0249 e. The van der Waals surface area contributed by atoms with E-state index in [1.165, 1.54) is 32.1 Å². The fourth-order valence-electron chi connectivity index (χ4n) is 4.46. The number of fused-ring (bicyclic) bond motifs is 1. The summed E-state index contributed by atoms with van der Waals surface area (Å²) in [4.78, 5) is 0. The summed E-state index contributed by atoms with van der Waals surface area (Å²) in [5.74, 6) is 0.894. The second kappa shape index (κ2) is 4.15. The van der Waals surface area contributed by atoms with Crippen LogP contribution in [0.3, 0.4) is 0 Å². The van der Waals surface area contributed by atoms with E-state index < -0.39 is 0 Å². The lowest BCUT2D eigenvalue weighted by atomic mass is 9.50. The molecule has 0 spiro atoms. The van der Waals surface area contributed by atoms with E-state index in [9.17, 15) is 0 Å². The Kier molecular flexibility index (Phi) is 3.29. The van der Waals surface area contributed by atoms with E-state index in [0.29, 0.717) is 10.8 Å². The maximum absolute atomic E-state index is 3.73. The molecule has 1 saturated carbocycles. The lowest BCUT2D eigenvalue weighted by molar-refractivity contribution is 0.0134. The van der Waals surface area contributed by atoms with Crippen molar-refractivity contribution in [2.45, 2.75) is 59.8 Å². The molecule has 0 saturated heterocycles. The summed E-state index contributed by atoms with van der Waals surface area (Å²) >= 11 is 3.73. The summed E-state index contributed by atoms with van der Waals surface area (Å²) in [6.45, 7) is 9.85. The van der Waals surface area contributed by atoms with Crippen molar-refractivity contribution < 1.29 is 0 Å². The third-order valence-corrected chi connectivity index (χ3v) is 5.94. The molecule has 0 radical (unpaired) electrons. The lowest BCUT2D eigenvalue weighted by Crippen LogP contribution is -2.45. The van der Waals surface area contributed by atoms with Crippen LogP contribution >= 0.6 is 15.9 Å². The highest BCUT2D eigenvalue weighted by Crippen LogP contribution is 2.59. The highest BCUT2D eigenvalue weighted by Gasteiger charge is 2.49. The van der Waals surface area contributed by atoms with Gasteiger partial charge in [0.2, 0.25) is 0 Å². The third kappa shape index (κ3) is 1.79. The molecule has 92 valence electrons. The topological polar surface area (TPSA) is 0 Å². The van der Waals surface area contributed by atoms with Crippen LogP contribution in [0.2, 0.25) is 0 Å². The van der Waals surface area contributed by atoms with Crippen LogP contribution in [0.15, 0.2) is 11.1 Å². The summed E-state index contributed by atoms with van der Waals surface area (Å²) < 4.78 is 0. The van der Waals surface area contributed by atoms with Crippen molar-refractivity contribution in [3.63, 3.8) is 0 Å². The van der Waals surface area contributed by atoms with Gasteiger partial charge in [-0.3, -0.25) is 0 Å². The molecular weight excluding hydrogens is 260 g/mol. The molecule has 2 aliphatic rings. The number of rotatable bonds is 1. The summed E-state index contributed by atoms with van der Waals surface area (Å²) in [7, 11) is 0. The van der Waals surface area contributed by atoms with E-state index in [0.717, 1.165) is 11.2 Å². The molecule has 0 aliphatic heterocycles. The molecule has 0 heterocycles. The molecule has 0 aromatic heterocycles. The zero-order valence-corrected chi connectivity index (χ0v) is 12.8. The van der Waals surface area contributed by atoms with Crippen molar-refractivity contribution in [1.82, 2.24) is 0 Å². The van der Waals surface area contributed by atoms with E-state index in [4.69, 9.17) is 0 Å². The SMILES string of the molecule is CC1=C(CBr)[C@@]2(C)CCCC(C)(C)C2CC1. The molecule has 16 heavy (non-hydrogen) atoms. The van der Waals surface area contributed by atoms with Gasteiger partial charge in [0.05, 0.1) is 0 Å². The van der Waals surface area contributed by atoms with Gasteiger partial charge in [-0.15, -0.1) is 0 Å². The predicted octanol–water partition coefficient (Wildman–Crippen LogP) is 5.32. The maximum Gasteiger partial charge on any atom is 0.0249 e. The zero-order valence-electron chi connectivity index (χ0n) is 11.2. The lowest BCUT2D eigenvalue weighted by Gasteiger charge is -2.55.